The summed E-state index contributed by atoms with van der Waals surface area (Å²) >= 11 is 0. The number of quaternary nitrogens is 1. The zero-order chi connectivity index (χ0) is 21.1. The van der Waals surface area contributed by atoms with Crippen LogP contribution >= 0.6 is 0 Å². The maximum Gasteiger partial charge on any atom is 0.501 e. The van der Waals surface area contributed by atoms with Crippen molar-refractivity contribution in [2.75, 3.05) is 20.6 Å². The molecule has 2 unspecified atom stereocenters. The van der Waals surface area contributed by atoms with Crippen LogP contribution in [0.3, 0.4) is 0 Å². The maximum atomic E-state index is 13.4. The van der Waals surface area contributed by atoms with E-state index >= 15 is 0 Å². The number of carbonyl (C=O) groups excluding carboxylic acids is 1. The number of likely N-dealkylation sites (N-methyl/N-ethyl adjacent to an activating group) is 1. The first kappa shape index (κ1) is 20.5. The van der Waals surface area contributed by atoms with E-state index in [4.69, 9.17) is 0 Å². The zero-order valence-corrected chi connectivity index (χ0v) is 15.9. The average molecular weight is 419 g/mol. The number of fused-ring (bicyclic) bond motifs is 2. The molecule has 0 saturated carbocycles. The highest BCUT2D eigenvalue weighted by atomic mass is 32.2. The maximum absolute atomic E-state index is 13.4. The molecule has 1 aromatic rings. The number of piperidine rings is 1. The van der Waals surface area contributed by atoms with Gasteiger partial charge in [-0.05, 0) is 0 Å². The lowest BCUT2D eigenvalue weighted by molar-refractivity contribution is -0.909. The van der Waals surface area contributed by atoms with Crippen molar-refractivity contribution in [3.63, 3.8) is 0 Å². The van der Waals surface area contributed by atoms with Crippen LogP contribution in [-0.4, -0.2) is 55.8 Å². The molecule has 28 heavy (non-hydrogen) atoms. The summed E-state index contributed by atoms with van der Waals surface area (Å²) in [4.78, 5) is 23.0. The van der Waals surface area contributed by atoms with Crippen LogP contribution in [0, 0.1) is 10.1 Å². The number of halogens is 3. The van der Waals surface area contributed by atoms with Crippen molar-refractivity contribution in [1.29, 1.82) is 0 Å². The molecule has 2 bridgehead atoms. The van der Waals surface area contributed by atoms with Gasteiger partial charge in [0.2, 0.25) is 5.78 Å². The zero-order valence-electron chi connectivity index (χ0n) is 15.1. The fourth-order valence-corrected chi connectivity index (χ4v) is 5.56. The smallest absolute Gasteiger partial charge is 0.320 e. The van der Waals surface area contributed by atoms with E-state index in [0.29, 0.717) is 0 Å². The Labute approximate surface area is 159 Å². The van der Waals surface area contributed by atoms with E-state index in [-0.39, 0.29) is 29.4 Å². The number of nitrogens with zero attached hydrogens (tertiary/aromatic N) is 2. The number of alkyl halides is 3. The Morgan fingerprint density at radius 1 is 1.25 bits per heavy atom. The normalized spacial score (nSPS) is 27.2. The number of hydrogen-bond acceptors (Lipinski definition) is 5. The fourth-order valence-electron chi connectivity index (χ4n) is 4.22. The Bertz CT molecular complexity index is 1000. The molecule has 0 spiro atoms. The lowest BCUT2D eigenvalue weighted by Crippen LogP contribution is -2.66. The molecule has 3 rings (SSSR count). The number of sulfone groups is 1. The Balaban J connectivity index is 2.39. The predicted octanol–water partition coefficient (Wildman–Crippen LogP) is 2.47. The van der Waals surface area contributed by atoms with Crippen LogP contribution in [0.2, 0.25) is 0 Å². The Kier molecular flexibility index (Phi) is 4.47. The molecule has 2 atom stereocenters. The topological polar surface area (TPSA) is 94.3 Å². The van der Waals surface area contributed by atoms with Gasteiger partial charge in [-0.3, -0.25) is 14.9 Å². The van der Waals surface area contributed by atoms with Crippen LogP contribution in [-0.2, 0) is 20.0 Å². The van der Waals surface area contributed by atoms with Crippen LogP contribution in [0.25, 0.3) is 0 Å². The average Bonchev–Trinajstić information content (AvgIpc) is 2.57. The summed E-state index contributed by atoms with van der Waals surface area (Å²) < 4.78 is 65.0. The number of ketones is 1. The summed E-state index contributed by atoms with van der Waals surface area (Å²) in [5.74, 6) is -0.733. The molecule has 1 saturated heterocycles. The van der Waals surface area contributed by atoms with Gasteiger partial charge in [-0.2, -0.15) is 13.2 Å². The molecule has 2 aliphatic rings. The molecule has 152 valence electrons. The molecule has 1 fully saturated rings. The van der Waals surface area contributed by atoms with Gasteiger partial charge in [-0.1, -0.05) is 24.3 Å². The van der Waals surface area contributed by atoms with Crippen molar-refractivity contribution in [1.82, 2.24) is 0 Å². The van der Waals surface area contributed by atoms with Gasteiger partial charge >= 0.3 is 5.51 Å². The number of para-hydroxylation sites is 1. The number of carbonyl (C=O) groups is 1. The number of likely N-dealkylation sites (tertiary alicyclic amines) is 1. The largest absolute Gasteiger partial charge is 0.501 e. The molecule has 1 aliphatic heterocycles. The minimum Gasteiger partial charge on any atom is -0.320 e. The van der Waals surface area contributed by atoms with Gasteiger partial charge in [0, 0.05) is 24.5 Å². The van der Waals surface area contributed by atoms with Crippen LogP contribution < -0.4 is 0 Å². The molecule has 1 aliphatic carbocycles. The van der Waals surface area contributed by atoms with E-state index in [2.05, 4.69) is 0 Å². The van der Waals surface area contributed by atoms with E-state index < -0.39 is 48.1 Å². The van der Waals surface area contributed by atoms with Gasteiger partial charge in [-0.25, -0.2) is 8.42 Å². The molecule has 11 heteroatoms. The lowest BCUT2D eigenvalue weighted by Gasteiger charge is -2.50. The summed E-state index contributed by atoms with van der Waals surface area (Å²) in [5, 5.41) is 11.5. The van der Waals surface area contributed by atoms with Crippen LogP contribution in [0.4, 0.5) is 18.9 Å². The van der Waals surface area contributed by atoms with Crippen molar-refractivity contribution < 1.29 is 35.8 Å². The predicted molar refractivity (Wildman–Crippen MR) is 92.8 cm³/mol. The second kappa shape index (κ2) is 6.11. The van der Waals surface area contributed by atoms with Crippen LogP contribution in [0.1, 0.15) is 18.4 Å². The first-order valence-electron chi connectivity index (χ1n) is 8.40. The number of benzene rings is 1. The molecular weight excluding hydrogens is 401 g/mol. The molecule has 0 amide bonds. The summed E-state index contributed by atoms with van der Waals surface area (Å²) in [7, 11) is -2.41. The summed E-state index contributed by atoms with van der Waals surface area (Å²) in [6.45, 7) is 0.188. The number of allylic oxidation sites excluding steroid dienone is 1. The summed E-state index contributed by atoms with van der Waals surface area (Å²) in [6.07, 6.45) is 0.463. The van der Waals surface area contributed by atoms with Gasteiger partial charge in [0.1, 0.15) is 5.41 Å². The first-order chi connectivity index (χ1) is 12.8. The molecule has 0 radical (unpaired) electrons. The highest BCUT2D eigenvalue weighted by molar-refractivity contribution is 7.96. The van der Waals surface area contributed by atoms with Crippen molar-refractivity contribution in [2.45, 2.75) is 29.8 Å². The van der Waals surface area contributed by atoms with Gasteiger partial charge in [0.15, 0.2) is 6.04 Å². The van der Waals surface area contributed by atoms with E-state index in [9.17, 15) is 36.5 Å². The Hall–Kier alpha value is -2.27. The number of nitro benzene ring substituents is 1. The van der Waals surface area contributed by atoms with E-state index in [0.717, 1.165) is 12.1 Å². The van der Waals surface area contributed by atoms with Crippen molar-refractivity contribution >= 4 is 21.3 Å². The Morgan fingerprint density at radius 3 is 2.43 bits per heavy atom. The van der Waals surface area contributed by atoms with Gasteiger partial charge in [0.25, 0.3) is 15.5 Å². The minimum atomic E-state index is -5.86. The summed E-state index contributed by atoms with van der Waals surface area (Å²) in [6, 6.07) is 4.10. The highest BCUT2D eigenvalue weighted by Crippen LogP contribution is 2.53. The van der Waals surface area contributed by atoms with Gasteiger partial charge in [-0.15, -0.1) is 0 Å². The molecule has 1 aromatic carbocycles. The number of Topliss-reactive ketones (excluding diaryl/α,β-unsaturated/α-hetero) is 1. The minimum absolute atomic E-state index is 0.164. The van der Waals surface area contributed by atoms with E-state index in [1.807, 2.05) is 0 Å². The first-order valence-corrected chi connectivity index (χ1v) is 9.88. The van der Waals surface area contributed by atoms with Crippen molar-refractivity contribution in [3.05, 3.63) is 50.9 Å². The third-order valence-corrected chi connectivity index (χ3v) is 7.44. The molecule has 7 nitrogen and oxygen atoms in total. The van der Waals surface area contributed by atoms with Crippen molar-refractivity contribution in [2.24, 2.45) is 0 Å². The van der Waals surface area contributed by atoms with Crippen molar-refractivity contribution in [3.8, 4) is 0 Å². The second-order valence-corrected chi connectivity index (χ2v) is 9.47. The van der Waals surface area contributed by atoms with E-state index in [1.54, 1.807) is 14.1 Å². The van der Waals surface area contributed by atoms with Crippen LogP contribution in [0.15, 0.2) is 35.2 Å². The number of hydrogen-bond donors (Lipinski definition) is 0. The van der Waals surface area contributed by atoms with Gasteiger partial charge < -0.3 is 4.48 Å². The SMILES string of the molecule is C[N+]1(C)CCC2(c3ccccc3[N+](=O)[O-])C(=O)C1CC=C2S(=O)(=O)C(F)(F)F. The monoisotopic (exact) mass is 419 g/mol. The number of rotatable bonds is 3. The summed E-state index contributed by atoms with van der Waals surface area (Å²) in [5.41, 5.74) is -8.74. The molecule has 0 aromatic heterocycles. The second-order valence-electron chi connectivity index (χ2n) is 7.57. The molecule has 1 heterocycles. The van der Waals surface area contributed by atoms with E-state index in [1.165, 1.54) is 18.2 Å². The Morgan fingerprint density at radius 2 is 1.86 bits per heavy atom. The molecule has 0 N–H and O–H groups in total. The quantitative estimate of drug-likeness (QED) is 0.426. The number of nitro groups is 1. The van der Waals surface area contributed by atoms with Crippen LogP contribution in [0.5, 0.6) is 0 Å². The lowest BCUT2D eigenvalue weighted by atomic mass is 9.64. The standard InChI is InChI=1S/C17H18F3N2O5S/c1-22(2)10-9-16(11-5-3-4-6-12(11)21(24)25)14(8-7-13(22)15(16)23)28(26,27)17(18,19)20/h3-6,8,13H,7,9-10H2,1-2H3/q+1. The third kappa shape index (κ3) is 2.67. The fraction of sp³-hybridized carbons (Fsp3) is 0.471. The van der Waals surface area contributed by atoms with Gasteiger partial charge in [0.05, 0.1) is 30.5 Å². The third-order valence-electron chi connectivity index (χ3n) is 5.73. The molecular formula is C17H18F3N2O5S+. The highest BCUT2D eigenvalue weighted by Gasteiger charge is 2.65.